The zero-order valence-corrected chi connectivity index (χ0v) is 12.6. The van der Waals surface area contributed by atoms with Crippen LogP contribution in [0.25, 0.3) is 0 Å². The van der Waals surface area contributed by atoms with Crippen molar-refractivity contribution in [3.8, 4) is 0 Å². The summed E-state index contributed by atoms with van der Waals surface area (Å²) >= 11 is 6.14. The molecular formula is C14H22ClN3O. The van der Waals surface area contributed by atoms with Crippen LogP contribution in [0.1, 0.15) is 40.0 Å². The van der Waals surface area contributed by atoms with Gasteiger partial charge >= 0.3 is 0 Å². The monoisotopic (exact) mass is 283 g/mol. The summed E-state index contributed by atoms with van der Waals surface area (Å²) in [6, 6.07) is 0. The molecule has 1 N–H and O–H groups in total. The Morgan fingerprint density at radius 2 is 2.21 bits per heavy atom. The van der Waals surface area contributed by atoms with E-state index in [0.717, 1.165) is 13.0 Å². The first kappa shape index (κ1) is 14.4. The van der Waals surface area contributed by atoms with Crippen LogP contribution in [0.5, 0.6) is 0 Å². The number of rotatable bonds is 6. The molecule has 0 bridgehead atoms. The highest BCUT2D eigenvalue weighted by atomic mass is 35.5. The van der Waals surface area contributed by atoms with Crippen molar-refractivity contribution >= 4 is 17.3 Å². The standard InChI is InChI=1S/C14H22ClN3O/c1-4-14(5-6-14)9-16-11-7-17-18(8-10(2)3)13(19)12(11)15/h7,10,16H,4-6,8-9H2,1-3H3. The van der Waals surface area contributed by atoms with E-state index in [4.69, 9.17) is 11.6 Å². The lowest BCUT2D eigenvalue weighted by molar-refractivity contribution is 0.463. The predicted molar refractivity (Wildman–Crippen MR) is 78.8 cm³/mol. The van der Waals surface area contributed by atoms with Gasteiger partial charge in [-0.3, -0.25) is 4.79 Å². The molecular weight excluding hydrogens is 262 g/mol. The van der Waals surface area contributed by atoms with Gasteiger partial charge in [0.15, 0.2) is 0 Å². The van der Waals surface area contributed by atoms with E-state index in [1.165, 1.54) is 17.5 Å². The van der Waals surface area contributed by atoms with Gasteiger partial charge in [-0.2, -0.15) is 5.10 Å². The van der Waals surface area contributed by atoms with Crippen LogP contribution in [0.15, 0.2) is 11.0 Å². The van der Waals surface area contributed by atoms with Gasteiger partial charge in [-0.1, -0.05) is 32.4 Å². The van der Waals surface area contributed by atoms with Crippen LogP contribution < -0.4 is 10.9 Å². The Balaban J connectivity index is 2.10. The largest absolute Gasteiger partial charge is 0.382 e. The second kappa shape index (κ2) is 5.53. The third-order valence-corrected chi connectivity index (χ3v) is 4.25. The van der Waals surface area contributed by atoms with Crippen molar-refractivity contribution in [1.29, 1.82) is 0 Å². The van der Waals surface area contributed by atoms with E-state index in [-0.39, 0.29) is 10.6 Å². The maximum atomic E-state index is 12.1. The Labute approximate surface area is 119 Å². The van der Waals surface area contributed by atoms with Crippen LogP contribution in [0.2, 0.25) is 5.02 Å². The van der Waals surface area contributed by atoms with Gasteiger partial charge < -0.3 is 5.32 Å². The van der Waals surface area contributed by atoms with Crippen LogP contribution in [0.3, 0.4) is 0 Å². The summed E-state index contributed by atoms with van der Waals surface area (Å²) in [5.74, 6) is 0.370. The van der Waals surface area contributed by atoms with E-state index >= 15 is 0 Å². The fraction of sp³-hybridized carbons (Fsp3) is 0.714. The number of nitrogens with one attached hydrogen (secondary N) is 1. The third kappa shape index (κ3) is 3.30. The average molecular weight is 284 g/mol. The minimum absolute atomic E-state index is 0.207. The lowest BCUT2D eigenvalue weighted by atomic mass is 10.0. The molecule has 0 aliphatic heterocycles. The lowest BCUT2D eigenvalue weighted by Gasteiger charge is -2.16. The molecule has 1 aliphatic carbocycles. The summed E-state index contributed by atoms with van der Waals surface area (Å²) in [5.41, 5.74) is 0.865. The summed E-state index contributed by atoms with van der Waals surface area (Å²) in [5, 5.41) is 7.72. The summed E-state index contributed by atoms with van der Waals surface area (Å²) < 4.78 is 1.44. The highest BCUT2D eigenvalue weighted by Crippen LogP contribution is 2.48. The molecule has 19 heavy (non-hydrogen) atoms. The normalized spacial score (nSPS) is 16.7. The Morgan fingerprint density at radius 3 is 2.74 bits per heavy atom. The minimum atomic E-state index is -0.207. The number of hydrogen-bond acceptors (Lipinski definition) is 3. The topological polar surface area (TPSA) is 46.9 Å². The molecule has 106 valence electrons. The summed E-state index contributed by atoms with van der Waals surface area (Å²) in [4.78, 5) is 12.1. The van der Waals surface area contributed by atoms with E-state index in [1.54, 1.807) is 6.20 Å². The van der Waals surface area contributed by atoms with E-state index in [2.05, 4.69) is 17.3 Å². The quantitative estimate of drug-likeness (QED) is 0.872. The van der Waals surface area contributed by atoms with Gasteiger partial charge in [0.1, 0.15) is 5.02 Å². The summed E-state index contributed by atoms with van der Waals surface area (Å²) in [6.45, 7) is 7.77. The molecule has 0 spiro atoms. The zero-order chi connectivity index (χ0) is 14.0. The number of hydrogen-bond donors (Lipinski definition) is 1. The van der Waals surface area contributed by atoms with Crippen molar-refractivity contribution in [1.82, 2.24) is 9.78 Å². The van der Waals surface area contributed by atoms with E-state index in [9.17, 15) is 4.79 Å². The first-order valence-electron chi connectivity index (χ1n) is 6.97. The molecule has 1 aromatic heterocycles. The van der Waals surface area contributed by atoms with Crippen LogP contribution in [-0.2, 0) is 6.54 Å². The molecule has 1 fully saturated rings. The summed E-state index contributed by atoms with van der Waals surface area (Å²) in [7, 11) is 0. The molecule has 4 nitrogen and oxygen atoms in total. The molecule has 1 aromatic rings. The smallest absolute Gasteiger partial charge is 0.287 e. The van der Waals surface area contributed by atoms with Gasteiger partial charge in [-0.05, 0) is 30.6 Å². The van der Waals surface area contributed by atoms with Crippen LogP contribution >= 0.6 is 11.6 Å². The van der Waals surface area contributed by atoms with Gasteiger partial charge in [-0.15, -0.1) is 0 Å². The fourth-order valence-corrected chi connectivity index (χ4v) is 2.39. The van der Waals surface area contributed by atoms with Crippen LogP contribution in [0.4, 0.5) is 5.69 Å². The van der Waals surface area contributed by atoms with E-state index in [1.807, 2.05) is 13.8 Å². The van der Waals surface area contributed by atoms with Crippen molar-refractivity contribution in [2.75, 3.05) is 11.9 Å². The third-order valence-electron chi connectivity index (χ3n) is 3.88. The van der Waals surface area contributed by atoms with Gasteiger partial charge in [0.25, 0.3) is 5.56 Å². The van der Waals surface area contributed by atoms with Gasteiger partial charge in [0.05, 0.1) is 11.9 Å². The number of nitrogens with zero attached hydrogens (tertiary/aromatic N) is 2. The molecule has 1 aliphatic rings. The van der Waals surface area contributed by atoms with Crippen molar-refractivity contribution in [2.45, 2.75) is 46.6 Å². The Morgan fingerprint density at radius 1 is 1.53 bits per heavy atom. The van der Waals surface area contributed by atoms with Gasteiger partial charge in [-0.25, -0.2) is 4.68 Å². The molecule has 0 saturated heterocycles. The SMILES string of the molecule is CCC1(CNc2cnn(CC(C)C)c(=O)c2Cl)CC1. The highest BCUT2D eigenvalue weighted by Gasteiger charge is 2.40. The molecule has 0 unspecified atom stereocenters. The molecule has 5 heteroatoms. The Hall–Kier alpha value is -1.03. The maximum Gasteiger partial charge on any atom is 0.287 e. The average Bonchev–Trinajstić information content (AvgIpc) is 3.14. The first-order chi connectivity index (χ1) is 8.97. The van der Waals surface area contributed by atoms with Gasteiger partial charge in [0, 0.05) is 13.1 Å². The van der Waals surface area contributed by atoms with Crippen LogP contribution in [-0.4, -0.2) is 16.3 Å². The van der Waals surface area contributed by atoms with Gasteiger partial charge in [0.2, 0.25) is 0 Å². The number of aromatic nitrogens is 2. The van der Waals surface area contributed by atoms with Crippen LogP contribution in [0, 0.1) is 11.3 Å². The number of anilines is 1. The van der Waals surface area contributed by atoms with E-state index in [0.29, 0.717) is 23.6 Å². The molecule has 2 rings (SSSR count). The second-order valence-electron chi connectivity index (χ2n) is 5.96. The molecule has 0 amide bonds. The fourth-order valence-electron chi connectivity index (χ4n) is 2.18. The second-order valence-corrected chi connectivity index (χ2v) is 6.34. The first-order valence-corrected chi connectivity index (χ1v) is 7.35. The van der Waals surface area contributed by atoms with Crippen molar-refractivity contribution in [3.05, 3.63) is 21.6 Å². The van der Waals surface area contributed by atoms with Crippen molar-refractivity contribution in [2.24, 2.45) is 11.3 Å². The highest BCUT2D eigenvalue weighted by molar-refractivity contribution is 6.32. The van der Waals surface area contributed by atoms with Crippen molar-refractivity contribution < 1.29 is 0 Å². The molecule has 1 saturated carbocycles. The maximum absolute atomic E-state index is 12.1. The predicted octanol–water partition coefficient (Wildman–Crippen LogP) is 3.15. The molecule has 1 heterocycles. The Kier molecular flexibility index (Phi) is 4.19. The van der Waals surface area contributed by atoms with Crippen molar-refractivity contribution in [3.63, 3.8) is 0 Å². The lowest BCUT2D eigenvalue weighted by Crippen LogP contribution is -2.27. The molecule has 0 atom stereocenters. The Bertz CT molecular complexity index is 506. The minimum Gasteiger partial charge on any atom is -0.382 e. The molecule has 0 radical (unpaired) electrons. The van der Waals surface area contributed by atoms with E-state index < -0.39 is 0 Å². The zero-order valence-electron chi connectivity index (χ0n) is 11.9. The summed E-state index contributed by atoms with van der Waals surface area (Å²) in [6.07, 6.45) is 5.34. The number of halogens is 1. The molecule has 0 aromatic carbocycles.